The van der Waals surface area contributed by atoms with Crippen LogP contribution in [0.1, 0.15) is 17.3 Å². The largest absolute Gasteiger partial charge is 0.478 e. The van der Waals surface area contributed by atoms with Crippen LogP contribution in [-0.2, 0) is 0 Å². The highest BCUT2D eigenvalue weighted by molar-refractivity contribution is 6.31. The molecule has 0 fully saturated rings. The Hall–Kier alpha value is -2.01. The molecule has 1 atom stereocenters. The highest BCUT2D eigenvalue weighted by Crippen LogP contribution is 2.19. The lowest BCUT2D eigenvalue weighted by molar-refractivity contribution is 0.0697. The van der Waals surface area contributed by atoms with Gasteiger partial charge in [-0.2, -0.15) is 0 Å². The third-order valence-electron chi connectivity index (χ3n) is 2.11. The molecule has 0 saturated carbocycles. The average Bonchev–Trinajstić information content (AvgIpc) is 2.27. The van der Waals surface area contributed by atoms with Crippen LogP contribution < -0.4 is 10.6 Å². The van der Waals surface area contributed by atoms with E-state index in [1.165, 1.54) is 18.2 Å². The van der Waals surface area contributed by atoms with Gasteiger partial charge in [0.1, 0.15) is 0 Å². The lowest BCUT2D eigenvalue weighted by Gasteiger charge is -2.11. The Kier molecular flexibility index (Phi) is 4.74. The van der Waals surface area contributed by atoms with Crippen LogP contribution in [0.4, 0.5) is 10.5 Å². The second-order valence-corrected chi connectivity index (χ2v) is 4.09. The maximum absolute atomic E-state index is 11.5. The van der Waals surface area contributed by atoms with Crippen LogP contribution in [0.2, 0.25) is 5.02 Å². The summed E-state index contributed by atoms with van der Waals surface area (Å²) in [5.41, 5.74) is 0.322. The minimum absolute atomic E-state index is 0.00886. The molecule has 5 nitrogen and oxygen atoms in total. The second kappa shape index (κ2) is 6.07. The third-order valence-corrected chi connectivity index (χ3v) is 2.33. The van der Waals surface area contributed by atoms with Crippen molar-refractivity contribution in [3.05, 3.63) is 41.4 Å². The molecular formula is C12H13ClN2O3. The van der Waals surface area contributed by atoms with E-state index in [0.717, 1.165) is 0 Å². The Morgan fingerprint density at radius 1 is 1.44 bits per heavy atom. The Labute approximate surface area is 109 Å². The first-order chi connectivity index (χ1) is 8.42. The molecule has 0 radical (unpaired) electrons. The summed E-state index contributed by atoms with van der Waals surface area (Å²) in [7, 11) is 0. The molecule has 0 saturated heterocycles. The van der Waals surface area contributed by atoms with Crippen molar-refractivity contribution in [1.82, 2.24) is 5.32 Å². The van der Waals surface area contributed by atoms with Gasteiger partial charge in [-0.25, -0.2) is 9.59 Å². The van der Waals surface area contributed by atoms with Crippen molar-refractivity contribution in [2.45, 2.75) is 13.0 Å². The Balaban J connectivity index is 2.81. The van der Waals surface area contributed by atoms with E-state index in [1.54, 1.807) is 13.0 Å². The number of aromatic carboxylic acids is 1. The van der Waals surface area contributed by atoms with E-state index in [0.29, 0.717) is 5.69 Å². The SMILES string of the molecule is C=CC(C)NC(=O)Nc1cc(Cl)cc(C(=O)O)c1. The fourth-order valence-corrected chi connectivity index (χ4v) is 1.45. The van der Waals surface area contributed by atoms with Crippen molar-refractivity contribution in [1.29, 1.82) is 0 Å². The number of benzene rings is 1. The molecule has 1 rings (SSSR count). The number of nitrogens with one attached hydrogen (secondary N) is 2. The van der Waals surface area contributed by atoms with Crippen LogP contribution in [-0.4, -0.2) is 23.1 Å². The molecule has 1 unspecified atom stereocenters. The number of urea groups is 1. The van der Waals surface area contributed by atoms with Gasteiger partial charge >= 0.3 is 12.0 Å². The highest BCUT2D eigenvalue weighted by atomic mass is 35.5. The van der Waals surface area contributed by atoms with Gasteiger partial charge in [0.25, 0.3) is 0 Å². The predicted octanol–water partition coefficient (Wildman–Crippen LogP) is 2.73. The molecule has 18 heavy (non-hydrogen) atoms. The van der Waals surface area contributed by atoms with Gasteiger partial charge in [-0.3, -0.25) is 0 Å². The number of amides is 2. The first-order valence-electron chi connectivity index (χ1n) is 5.16. The summed E-state index contributed by atoms with van der Waals surface area (Å²) >= 11 is 5.76. The summed E-state index contributed by atoms with van der Waals surface area (Å²) in [6.07, 6.45) is 1.57. The van der Waals surface area contributed by atoms with Crippen molar-refractivity contribution < 1.29 is 14.7 Å². The summed E-state index contributed by atoms with van der Waals surface area (Å²) in [5, 5.41) is 14.2. The molecule has 1 aromatic carbocycles. The summed E-state index contributed by atoms with van der Waals surface area (Å²) in [4.78, 5) is 22.3. The monoisotopic (exact) mass is 268 g/mol. The van der Waals surface area contributed by atoms with Crippen LogP contribution in [0.5, 0.6) is 0 Å². The Morgan fingerprint density at radius 2 is 2.11 bits per heavy atom. The summed E-state index contributed by atoms with van der Waals surface area (Å²) < 4.78 is 0. The topological polar surface area (TPSA) is 78.4 Å². The van der Waals surface area contributed by atoms with E-state index in [-0.39, 0.29) is 16.6 Å². The molecule has 6 heteroatoms. The smallest absolute Gasteiger partial charge is 0.335 e. The fourth-order valence-electron chi connectivity index (χ4n) is 1.22. The zero-order valence-electron chi connectivity index (χ0n) is 9.74. The third kappa shape index (κ3) is 4.10. The van der Waals surface area contributed by atoms with Gasteiger partial charge in [0.05, 0.1) is 5.56 Å². The van der Waals surface area contributed by atoms with Gasteiger partial charge in [-0.05, 0) is 25.1 Å². The lowest BCUT2D eigenvalue weighted by atomic mass is 10.2. The van der Waals surface area contributed by atoms with Gasteiger partial charge < -0.3 is 15.7 Å². The van der Waals surface area contributed by atoms with Crippen LogP contribution in [0.25, 0.3) is 0 Å². The zero-order valence-corrected chi connectivity index (χ0v) is 10.5. The highest BCUT2D eigenvalue weighted by Gasteiger charge is 2.09. The standard InChI is InChI=1S/C12H13ClN2O3/c1-3-7(2)14-12(18)15-10-5-8(11(16)17)4-9(13)6-10/h3-7H,1H2,2H3,(H,16,17)(H2,14,15,18). The number of hydrogen-bond acceptors (Lipinski definition) is 2. The molecule has 96 valence electrons. The number of anilines is 1. The molecule has 0 bridgehead atoms. The second-order valence-electron chi connectivity index (χ2n) is 3.66. The van der Waals surface area contributed by atoms with Crippen molar-refractivity contribution in [3.8, 4) is 0 Å². The van der Waals surface area contributed by atoms with Crippen molar-refractivity contribution >= 4 is 29.3 Å². The van der Waals surface area contributed by atoms with Gasteiger partial charge in [-0.15, -0.1) is 6.58 Å². The molecule has 3 N–H and O–H groups in total. The van der Waals surface area contributed by atoms with Crippen molar-refractivity contribution in [2.75, 3.05) is 5.32 Å². The van der Waals surface area contributed by atoms with E-state index in [4.69, 9.17) is 16.7 Å². The summed E-state index contributed by atoms with van der Waals surface area (Å²) in [6.45, 7) is 5.29. The van der Waals surface area contributed by atoms with E-state index in [2.05, 4.69) is 17.2 Å². The number of carbonyl (C=O) groups excluding carboxylic acids is 1. The van der Waals surface area contributed by atoms with E-state index < -0.39 is 12.0 Å². The first kappa shape index (κ1) is 14.1. The summed E-state index contributed by atoms with van der Waals surface area (Å²) in [5.74, 6) is -1.11. The maximum atomic E-state index is 11.5. The van der Waals surface area contributed by atoms with E-state index in [9.17, 15) is 9.59 Å². The number of carboxylic acid groups (broad SMARTS) is 1. The number of rotatable bonds is 4. The Morgan fingerprint density at radius 3 is 2.67 bits per heavy atom. The van der Waals surface area contributed by atoms with Gasteiger partial charge in [0.15, 0.2) is 0 Å². The van der Waals surface area contributed by atoms with Crippen LogP contribution >= 0.6 is 11.6 Å². The summed E-state index contributed by atoms with van der Waals surface area (Å²) in [6, 6.07) is 3.45. The van der Waals surface area contributed by atoms with Crippen LogP contribution in [0.15, 0.2) is 30.9 Å². The average molecular weight is 269 g/mol. The first-order valence-corrected chi connectivity index (χ1v) is 5.54. The normalized spacial score (nSPS) is 11.4. The van der Waals surface area contributed by atoms with Crippen LogP contribution in [0, 0.1) is 0 Å². The van der Waals surface area contributed by atoms with Gasteiger partial charge in [0, 0.05) is 16.8 Å². The Bertz CT molecular complexity index is 488. The molecule has 0 aliphatic carbocycles. The van der Waals surface area contributed by atoms with Crippen molar-refractivity contribution in [3.63, 3.8) is 0 Å². The predicted molar refractivity (Wildman–Crippen MR) is 70.2 cm³/mol. The fraction of sp³-hybridized carbons (Fsp3) is 0.167. The molecule has 0 aliphatic heterocycles. The number of hydrogen-bond donors (Lipinski definition) is 3. The lowest BCUT2D eigenvalue weighted by Crippen LogP contribution is -2.34. The number of carboxylic acids is 1. The molecule has 0 spiro atoms. The molecule has 1 aromatic rings. The van der Waals surface area contributed by atoms with Gasteiger partial charge in [-0.1, -0.05) is 17.7 Å². The minimum atomic E-state index is -1.11. The number of carbonyl (C=O) groups is 2. The minimum Gasteiger partial charge on any atom is -0.478 e. The van der Waals surface area contributed by atoms with E-state index >= 15 is 0 Å². The molecule has 0 heterocycles. The van der Waals surface area contributed by atoms with Crippen molar-refractivity contribution in [2.24, 2.45) is 0 Å². The molecule has 2 amide bonds. The molecular weight excluding hydrogens is 256 g/mol. The van der Waals surface area contributed by atoms with Gasteiger partial charge in [0.2, 0.25) is 0 Å². The molecule has 0 aromatic heterocycles. The van der Waals surface area contributed by atoms with Crippen LogP contribution in [0.3, 0.4) is 0 Å². The van der Waals surface area contributed by atoms with E-state index in [1.807, 2.05) is 0 Å². The quantitative estimate of drug-likeness (QED) is 0.735. The molecule has 0 aliphatic rings. The number of halogens is 1. The zero-order chi connectivity index (χ0) is 13.7. The maximum Gasteiger partial charge on any atom is 0.335 e.